The summed E-state index contributed by atoms with van der Waals surface area (Å²) in [6.07, 6.45) is 5.10. The van der Waals surface area contributed by atoms with E-state index < -0.39 is 9.76 Å². The topological polar surface area (TPSA) is 20.2 Å². The highest BCUT2D eigenvalue weighted by atomic mass is 28.2. The molecule has 0 aromatic heterocycles. The second-order valence-electron chi connectivity index (χ2n) is 3.78. The minimum absolute atomic E-state index is 0.287. The average molecular weight is 160 g/mol. The molecule has 0 bridgehead atoms. The van der Waals surface area contributed by atoms with Gasteiger partial charge in [0.05, 0.1) is 0 Å². The Morgan fingerprint density at radius 3 is 2.30 bits per heavy atom. The molecule has 0 aromatic carbocycles. The molecule has 0 saturated carbocycles. The van der Waals surface area contributed by atoms with Crippen molar-refractivity contribution in [3.8, 4) is 0 Å². The lowest BCUT2D eigenvalue weighted by atomic mass is 10.0. The smallest absolute Gasteiger partial charge is 0.162 e. The molecule has 1 N–H and O–H groups in total. The predicted octanol–water partition coefficient (Wildman–Crippen LogP) is 1.84. The van der Waals surface area contributed by atoms with Crippen LogP contribution >= 0.6 is 0 Å². The van der Waals surface area contributed by atoms with Crippen molar-refractivity contribution in [2.75, 3.05) is 0 Å². The lowest BCUT2D eigenvalue weighted by Crippen LogP contribution is -2.11. The molecule has 0 unspecified atom stereocenters. The quantitative estimate of drug-likeness (QED) is 0.480. The lowest BCUT2D eigenvalue weighted by molar-refractivity contribution is 0.481. The van der Waals surface area contributed by atoms with Crippen molar-refractivity contribution in [2.24, 2.45) is 0 Å². The number of unbranched alkanes of at least 4 members (excludes halogenated alkanes) is 2. The maximum absolute atomic E-state index is 9.03. The van der Waals surface area contributed by atoms with Gasteiger partial charge in [-0.15, -0.1) is 0 Å². The Kier molecular flexibility index (Phi) is 5.00. The van der Waals surface area contributed by atoms with Crippen molar-refractivity contribution < 1.29 is 4.80 Å². The fraction of sp³-hybridized carbons (Fsp3) is 1.00. The molecule has 0 aromatic rings. The van der Waals surface area contributed by atoms with E-state index >= 15 is 0 Å². The van der Waals surface area contributed by atoms with Gasteiger partial charge in [-0.2, -0.15) is 0 Å². The van der Waals surface area contributed by atoms with Crippen LogP contribution < -0.4 is 0 Å². The minimum Gasteiger partial charge on any atom is -0.438 e. The van der Waals surface area contributed by atoms with Gasteiger partial charge in [0.2, 0.25) is 0 Å². The third kappa shape index (κ3) is 5.00. The van der Waals surface area contributed by atoms with Crippen molar-refractivity contribution in [1.29, 1.82) is 0 Å². The van der Waals surface area contributed by atoms with Gasteiger partial charge in [-0.1, -0.05) is 40.0 Å². The van der Waals surface area contributed by atoms with Crippen molar-refractivity contribution in [2.45, 2.75) is 51.5 Å². The highest BCUT2D eigenvalue weighted by Gasteiger charge is 2.15. The molecule has 0 radical (unpaired) electrons. The van der Waals surface area contributed by atoms with Gasteiger partial charge in [0.15, 0.2) is 9.76 Å². The first kappa shape index (κ1) is 10.2. The van der Waals surface area contributed by atoms with E-state index in [1.165, 1.54) is 25.7 Å². The van der Waals surface area contributed by atoms with E-state index in [0.717, 1.165) is 0 Å². The van der Waals surface area contributed by atoms with Crippen LogP contribution in [-0.2, 0) is 0 Å². The first-order chi connectivity index (χ1) is 4.62. The fourth-order valence-corrected chi connectivity index (χ4v) is 1.34. The van der Waals surface area contributed by atoms with Crippen LogP contribution in [0.4, 0.5) is 0 Å². The van der Waals surface area contributed by atoms with Gasteiger partial charge in [-0.05, 0) is 11.5 Å². The Hall–Kier alpha value is 0.177. The first-order valence-corrected chi connectivity index (χ1v) is 5.57. The predicted molar refractivity (Wildman–Crippen MR) is 48.9 cm³/mol. The molecule has 2 heteroatoms. The largest absolute Gasteiger partial charge is 0.438 e. The molecule has 0 saturated heterocycles. The summed E-state index contributed by atoms with van der Waals surface area (Å²) in [6.45, 7) is 6.56. The zero-order chi connectivity index (χ0) is 8.04. The van der Waals surface area contributed by atoms with Crippen LogP contribution in [-0.4, -0.2) is 14.6 Å². The fourth-order valence-electron chi connectivity index (χ4n) is 0.933. The molecule has 0 rings (SSSR count). The van der Waals surface area contributed by atoms with E-state index in [9.17, 15) is 0 Å². The molecule has 0 aliphatic carbocycles. The van der Waals surface area contributed by atoms with Crippen molar-refractivity contribution in [3.63, 3.8) is 0 Å². The second kappa shape index (κ2) is 4.91. The van der Waals surface area contributed by atoms with Gasteiger partial charge in [-0.25, -0.2) is 0 Å². The minimum atomic E-state index is -0.786. The van der Waals surface area contributed by atoms with Gasteiger partial charge in [-0.3, -0.25) is 0 Å². The zero-order valence-electron chi connectivity index (χ0n) is 7.48. The van der Waals surface area contributed by atoms with Crippen molar-refractivity contribution >= 4 is 9.76 Å². The monoisotopic (exact) mass is 160 g/mol. The van der Waals surface area contributed by atoms with E-state index in [4.69, 9.17) is 4.80 Å². The van der Waals surface area contributed by atoms with Gasteiger partial charge >= 0.3 is 0 Å². The van der Waals surface area contributed by atoms with Crippen molar-refractivity contribution in [3.05, 3.63) is 0 Å². The summed E-state index contributed by atoms with van der Waals surface area (Å²) in [7, 11) is -0.786. The zero-order valence-corrected chi connectivity index (χ0v) is 8.90. The second-order valence-corrected chi connectivity index (χ2v) is 6.01. The molecule has 62 valence electrons. The van der Waals surface area contributed by atoms with E-state index in [1.54, 1.807) is 0 Å². The Morgan fingerprint density at radius 1 is 1.30 bits per heavy atom. The third-order valence-corrected chi connectivity index (χ3v) is 3.09. The van der Waals surface area contributed by atoms with Gasteiger partial charge in [0.1, 0.15) is 0 Å². The molecule has 1 nitrogen and oxygen atoms in total. The Morgan fingerprint density at radius 2 is 1.90 bits per heavy atom. The van der Waals surface area contributed by atoms with Gasteiger partial charge < -0.3 is 4.80 Å². The summed E-state index contributed by atoms with van der Waals surface area (Å²) >= 11 is 0. The highest BCUT2D eigenvalue weighted by molar-refractivity contribution is 6.30. The average Bonchev–Trinajstić information content (AvgIpc) is 1.89. The number of rotatable bonds is 5. The van der Waals surface area contributed by atoms with E-state index in [1.807, 2.05) is 0 Å². The molecular weight excluding hydrogens is 140 g/mol. The van der Waals surface area contributed by atoms with Crippen LogP contribution in [0.15, 0.2) is 0 Å². The SMILES string of the molecule is CCCCCC(C)(C)[SiH2]O. The van der Waals surface area contributed by atoms with Crippen LogP contribution in [0, 0.1) is 0 Å². The maximum atomic E-state index is 9.03. The standard InChI is InChI=1S/C8H20OSi/c1-4-5-6-7-8(2,3)10-9/h9H,4-7,10H2,1-3H3. The van der Waals surface area contributed by atoms with E-state index in [2.05, 4.69) is 20.8 Å². The van der Waals surface area contributed by atoms with Crippen molar-refractivity contribution in [1.82, 2.24) is 0 Å². The third-order valence-electron chi connectivity index (χ3n) is 1.89. The molecular formula is C8H20OSi. The van der Waals surface area contributed by atoms with Crippen LogP contribution in [0.1, 0.15) is 46.5 Å². The van der Waals surface area contributed by atoms with Gasteiger partial charge in [0.25, 0.3) is 0 Å². The molecule has 0 aliphatic rings. The summed E-state index contributed by atoms with van der Waals surface area (Å²) < 4.78 is 0. The summed E-state index contributed by atoms with van der Waals surface area (Å²) in [5.41, 5.74) is 0. The molecule has 0 atom stereocenters. The molecule has 0 fully saturated rings. The van der Waals surface area contributed by atoms with E-state index in [0.29, 0.717) is 0 Å². The summed E-state index contributed by atoms with van der Waals surface area (Å²) in [5.74, 6) is 0. The Bertz CT molecular complexity index is 81.3. The normalized spacial score (nSPS) is 13.2. The van der Waals surface area contributed by atoms with Crippen LogP contribution in [0.2, 0.25) is 5.04 Å². The molecule has 0 spiro atoms. The first-order valence-electron chi connectivity index (χ1n) is 4.23. The van der Waals surface area contributed by atoms with Gasteiger partial charge in [0, 0.05) is 0 Å². The molecule has 0 aliphatic heterocycles. The highest BCUT2D eigenvalue weighted by Crippen LogP contribution is 2.28. The lowest BCUT2D eigenvalue weighted by Gasteiger charge is -2.19. The molecule has 0 amide bonds. The summed E-state index contributed by atoms with van der Waals surface area (Å²) in [4.78, 5) is 9.03. The Labute approximate surface area is 66.8 Å². The summed E-state index contributed by atoms with van der Waals surface area (Å²) in [5, 5.41) is 0.287. The molecule has 10 heavy (non-hydrogen) atoms. The number of hydrogen-bond donors (Lipinski definition) is 1. The van der Waals surface area contributed by atoms with Crippen LogP contribution in [0.5, 0.6) is 0 Å². The van der Waals surface area contributed by atoms with Crippen LogP contribution in [0.25, 0.3) is 0 Å². The van der Waals surface area contributed by atoms with Crippen LogP contribution in [0.3, 0.4) is 0 Å². The summed E-state index contributed by atoms with van der Waals surface area (Å²) in [6, 6.07) is 0. The maximum Gasteiger partial charge on any atom is 0.162 e. The number of hydrogen-bond acceptors (Lipinski definition) is 1. The molecule has 0 heterocycles. The van der Waals surface area contributed by atoms with E-state index in [-0.39, 0.29) is 5.04 Å². The Balaban J connectivity index is 3.28.